The molecular formula is C12H13NO3S. The monoisotopic (exact) mass is 251 g/mol. The van der Waals surface area contributed by atoms with Gasteiger partial charge in [0, 0.05) is 17.2 Å². The Morgan fingerprint density at radius 2 is 2.18 bits per heavy atom. The second kappa shape index (κ2) is 4.41. The van der Waals surface area contributed by atoms with Gasteiger partial charge in [0.25, 0.3) is 0 Å². The highest BCUT2D eigenvalue weighted by Gasteiger charge is 2.36. The molecule has 2 amide bonds. The average Bonchev–Trinajstić information content (AvgIpc) is 2.79. The molecule has 1 aromatic heterocycles. The maximum Gasteiger partial charge on any atom is 0.232 e. The fraction of sp³-hybridized carbons (Fsp3) is 0.417. The largest absolute Gasteiger partial charge is 0.291 e. The number of amides is 2. The molecule has 0 N–H and O–H groups in total. The standard InChI is InChI=1S/C12H13NO3S/c1-7-5-11(15)13(12(7)16)6-9(14)10-4-3-8(2)17-10/h3-4,7H,5-6H2,1-2H3. The van der Waals surface area contributed by atoms with Crippen molar-refractivity contribution in [3.8, 4) is 0 Å². The molecule has 0 spiro atoms. The van der Waals surface area contributed by atoms with Crippen LogP contribution in [0.15, 0.2) is 12.1 Å². The Morgan fingerprint density at radius 3 is 2.65 bits per heavy atom. The number of aryl methyl sites for hydroxylation is 1. The molecule has 1 fully saturated rings. The molecule has 1 saturated heterocycles. The summed E-state index contributed by atoms with van der Waals surface area (Å²) in [4.78, 5) is 37.8. The number of carbonyl (C=O) groups excluding carboxylic acids is 3. The van der Waals surface area contributed by atoms with Crippen LogP contribution in [-0.4, -0.2) is 29.0 Å². The van der Waals surface area contributed by atoms with Gasteiger partial charge in [0.2, 0.25) is 11.8 Å². The van der Waals surface area contributed by atoms with Crippen LogP contribution < -0.4 is 0 Å². The normalized spacial score (nSPS) is 20.1. The van der Waals surface area contributed by atoms with E-state index in [1.807, 2.05) is 13.0 Å². The van der Waals surface area contributed by atoms with Crippen molar-refractivity contribution in [3.63, 3.8) is 0 Å². The van der Waals surface area contributed by atoms with Gasteiger partial charge in [0.05, 0.1) is 11.4 Å². The number of imide groups is 1. The summed E-state index contributed by atoms with van der Waals surface area (Å²) in [6.45, 7) is 3.50. The van der Waals surface area contributed by atoms with E-state index >= 15 is 0 Å². The van der Waals surface area contributed by atoms with E-state index < -0.39 is 0 Å². The number of likely N-dealkylation sites (tertiary alicyclic amines) is 1. The summed E-state index contributed by atoms with van der Waals surface area (Å²) in [6.07, 6.45) is 0.218. The predicted molar refractivity (Wildman–Crippen MR) is 63.9 cm³/mol. The van der Waals surface area contributed by atoms with E-state index in [9.17, 15) is 14.4 Å². The molecule has 0 aromatic carbocycles. The van der Waals surface area contributed by atoms with Crippen molar-refractivity contribution in [1.29, 1.82) is 0 Å². The third kappa shape index (κ3) is 2.29. The molecule has 17 heavy (non-hydrogen) atoms. The molecule has 0 radical (unpaired) electrons. The van der Waals surface area contributed by atoms with E-state index in [4.69, 9.17) is 0 Å². The fourth-order valence-electron chi connectivity index (χ4n) is 1.82. The lowest BCUT2D eigenvalue weighted by atomic mass is 10.1. The van der Waals surface area contributed by atoms with Gasteiger partial charge in [-0.1, -0.05) is 6.92 Å². The van der Waals surface area contributed by atoms with E-state index in [2.05, 4.69) is 0 Å². The van der Waals surface area contributed by atoms with Crippen molar-refractivity contribution in [1.82, 2.24) is 4.90 Å². The lowest BCUT2D eigenvalue weighted by molar-refractivity contribution is -0.138. The SMILES string of the molecule is Cc1ccc(C(=O)CN2C(=O)CC(C)C2=O)s1. The van der Waals surface area contributed by atoms with E-state index in [0.717, 1.165) is 9.78 Å². The van der Waals surface area contributed by atoms with Gasteiger partial charge < -0.3 is 0 Å². The number of thiophene rings is 1. The highest BCUT2D eigenvalue weighted by atomic mass is 32.1. The van der Waals surface area contributed by atoms with Crippen LogP contribution in [-0.2, 0) is 9.59 Å². The van der Waals surface area contributed by atoms with Gasteiger partial charge >= 0.3 is 0 Å². The molecule has 4 nitrogen and oxygen atoms in total. The fourth-order valence-corrected chi connectivity index (χ4v) is 2.62. The van der Waals surface area contributed by atoms with Gasteiger partial charge in [-0.15, -0.1) is 11.3 Å². The van der Waals surface area contributed by atoms with E-state index in [-0.39, 0.29) is 36.5 Å². The molecule has 1 unspecified atom stereocenters. The number of carbonyl (C=O) groups is 3. The van der Waals surface area contributed by atoms with Crippen LogP contribution in [0.2, 0.25) is 0 Å². The second-order valence-electron chi connectivity index (χ2n) is 4.26. The topological polar surface area (TPSA) is 54.5 Å². The zero-order valence-electron chi connectivity index (χ0n) is 9.73. The molecule has 1 aliphatic rings. The van der Waals surface area contributed by atoms with Crippen molar-refractivity contribution in [2.75, 3.05) is 6.54 Å². The van der Waals surface area contributed by atoms with Gasteiger partial charge in [-0.05, 0) is 19.1 Å². The van der Waals surface area contributed by atoms with Gasteiger partial charge in [-0.3, -0.25) is 19.3 Å². The summed E-state index contributed by atoms with van der Waals surface area (Å²) in [5.74, 6) is -0.944. The van der Waals surface area contributed by atoms with Crippen LogP contribution in [0.1, 0.15) is 27.9 Å². The number of nitrogens with zero attached hydrogens (tertiary/aromatic N) is 1. The minimum Gasteiger partial charge on any atom is -0.291 e. The Morgan fingerprint density at radius 1 is 1.47 bits per heavy atom. The minimum absolute atomic E-state index is 0.123. The zero-order chi connectivity index (χ0) is 12.6. The second-order valence-corrected chi connectivity index (χ2v) is 5.54. The molecule has 2 heterocycles. The summed E-state index contributed by atoms with van der Waals surface area (Å²) in [5.41, 5.74) is 0. The van der Waals surface area contributed by atoms with Crippen molar-refractivity contribution in [2.24, 2.45) is 5.92 Å². The lowest BCUT2D eigenvalue weighted by Gasteiger charge is -2.12. The summed E-state index contributed by atoms with van der Waals surface area (Å²) in [7, 11) is 0. The van der Waals surface area contributed by atoms with Crippen LogP contribution in [0.4, 0.5) is 0 Å². The van der Waals surface area contributed by atoms with E-state index in [0.29, 0.717) is 4.88 Å². The van der Waals surface area contributed by atoms with E-state index in [1.165, 1.54) is 11.3 Å². The molecule has 0 bridgehead atoms. The minimum atomic E-state index is -0.291. The summed E-state index contributed by atoms with van der Waals surface area (Å²) >= 11 is 1.38. The molecule has 1 aliphatic heterocycles. The van der Waals surface area contributed by atoms with Crippen molar-refractivity contribution < 1.29 is 14.4 Å². The van der Waals surface area contributed by atoms with Crippen molar-refractivity contribution in [2.45, 2.75) is 20.3 Å². The van der Waals surface area contributed by atoms with Gasteiger partial charge in [-0.25, -0.2) is 0 Å². The average molecular weight is 251 g/mol. The number of hydrogen-bond acceptors (Lipinski definition) is 4. The van der Waals surface area contributed by atoms with Gasteiger partial charge in [0.15, 0.2) is 5.78 Å². The maximum atomic E-state index is 11.9. The van der Waals surface area contributed by atoms with Crippen LogP contribution in [0, 0.1) is 12.8 Å². The highest BCUT2D eigenvalue weighted by Crippen LogP contribution is 2.21. The molecule has 0 aliphatic carbocycles. The van der Waals surface area contributed by atoms with Crippen LogP contribution >= 0.6 is 11.3 Å². The van der Waals surface area contributed by atoms with Crippen LogP contribution in [0.3, 0.4) is 0 Å². The Labute approximate surface area is 103 Å². The van der Waals surface area contributed by atoms with Crippen LogP contribution in [0.5, 0.6) is 0 Å². The van der Waals surface area contributed by atoms with Gasteiger partial charge in [0.1, 0.15) is 0 Å². The third-order valence-corrected chi connectivity index (χ3v) is 3.83. The molecule has 2 rings (SSSR count). The quantitative estimate of drug-likeness (QED) is 0.606. The first-order chi connectivity index (χ1) is 7.99. The Kier molecular flexibility index (Phi) is 3.11. The molecule has 1 aromatic rings. The summed E-state index contributed by atoms with van der Waals surface area (Å²) < 4.78 is 0. The first-order valence-corrected chi connectivity index (χ1v) is 6.24. The first-order valence-electron chi connectivity index (χ1n) is 5.43. The zero-order valence-corrected chi connectivity index (χ0v) is 10.5. The number of Topliss-reactive ketones (excluding diaryl/α,β-unsaturated/α-hetero) is 1. The van der Waals surface area contributed by atoms with E-state index in [1.54, 1.807) is 13.0 Å². The van der Waals surface area contributed by atoms with Crippen molar-refractivity contribution in [3.05, 3.63) is 21.9 Å². The highest BCUT2D eigenvalue weighted by molar-refractivity contribution is 7.14. The third-order valence-electron chi connectivity index (χ3n) is 2.79. The summed E-state index contributed by atoms with van der Waals surface area (Å²) in [6, 6.07) is 3.59. The predicted octanol–water partition coefficient (Wildman–Crippen LogP) is 1.63. The molecule has 5 heteroatoms. The number of ketones is 1. The summed E-state index contributed by atoms with van der Waals surface area (Å²) in [5, 5.41) is 0. The van der Waals surface area contributed by atoms with Crippen LogP contribution in [0.25, 0.3) is 0 Å². The maximum absolute atomic E-state index is 11.9. The smallest absolute Gasteiger partial charge is 0.232 e. The molecular weight excluding hydrogens is 238 g/mol. The Balaban J connectivity index is 2.09. The number of rotatable bonds is 3. The molecule has 1 atom stereocenters. The Bertz CT molecular complexity index is 492. The number of hydrogen-bond donors (Lipinski definition) is 0. The molecule has 90 valence electrons. The van der Waals surface area contributed by atoms with Crippen molar-refractivity contribution >= 4 is 28.9 Å². The first kappa shape index (κ1) is 12.0. The van der Waals surface area contributed by atoms with Gasteiger partial charge in [-0.2, -0.15) is 0 Å². The lowest BCUT2D eigenvalue weighted by Crippen LogP contribution is -2.35. The molecule has 0 saturated carbocycles. The Hall–Kier alpha value is -1.49.